The molecule has 1 N–H and O–H groups in total. The lowest BCUT2D eigenvalue weighted by atomic mass is 10.2. The number of halogens is 1. The van der Waals surface area contributed by atoms with E-state index in [4.69, 9.17) is 19.2 Å². The molecule has 0 radical (unpaired) electrons. The number of guanidine groups is 1. The van der Waals surface area contributed by atoms with Gasteiger partial charge in [0.2, 0.25) is 0 Å². The van der Waals surface area contributed by atoms with Crippen molar-refractivity contribution in [1.29, 1.82) is 0 Å². The average molecular weight is 491 g/mol. The zero-order valence-electron chi connectivity index (χ0n) is 16.8. The number of nitrogens with one attached hydrogen (secondary N) is 1. The van der Waals surface area contributed by atoms with Crippen LogP contribution >= 0.6 is 24.0 Å². The molecule has 1 fully saturated rings. The normalized spacial score (nSPS) is 16.7. The van der Waals surface area contributed by atoms with E-state index in [1.165, 1.54) is 0 Å². The van der Waals surface area contributed by atoms with Gasteiger partial charge < -0.3 is 24.4 Å². The number of aliphatic imine (C=N–C) groups is 1. The molecular weight excluding hydrogens is 457 g/mol. The lowest BCUT2D eigenvalue weighted by Gasteiger charge is -2.23. The third-order valence-corrected chi connectivity index (χ3v) is 4.33. The van der Waals surface area contributed by atoms with Crippen LogP contribution in [0.4, 0.5) is 0 Å². The number of hydrogen-bond donors (Lipinski definition) is 1. The number of benzene rings is 1. The van der Waals surface area contributed by atoms with E-state index in [9.17, 15) is 0 Å². The predicted octanol–water partition coefficient (Wildman–Crippen LogP) is 3.30. The minimum Gasteiger partial charge on any atom is -0.496 e. The zero-order chi connectivity index (χ0) is 18.6. The van der Waals surface area contributed by atoms with E-state index in [0.717, 1.165) is 69.4 Å². The van der Waals surface area contributed by atoms with E-state index in [2.05, 4.69) is 23.2 Å². The van der Waals surface area contributed by atoms with Crippen LogP contribution in [0.15, 0.2) is 29.3 Å². The maximum atomic E-state index is 5.70. The Hall–Kier alpha value is -1.06. The van der Waals surface area contributed by atoms with Crippen molar-refractivity contribution in [2.75, 3.05) is 47.1 Å². The van der Waals surface area contributed by atoms with Gasteiger partial charge in [-0.05, 0) is 32.3 Å². The smallest absolute Gasteiger partial charge is 0.193 e. The highest BCUT2D eigenvalue weighted by Gasteiger charge is 2.15. The van der Waals surface area contributed by atoms with Gasteiger partial charge in [0.05, 0.1) is 19.8 Å². The van der Waals surface area contributed by atoms with Gasteiger partial charge in [0.25, 0.3) is 0 Å². The molecule has 0 aromatic heterocycles. The molecule has 1 aromatic rings. The van der Waals surface area contributed by atoms with Gasteiger partial charge in [-0.25, -0.2) is 0 Å². The molecule has 1 atom stereocenters. The number of hydrogen-bond acceptors (Lipinski definition) is 4. The van der Waals surface area contributed by atoms with Gasteiger partial charge >= 0.3 is 0 Å². The molecule has 1 aliphatic heterocycles. The van der Waals surface area contributed by atoms with Crippen molar-refractivity contribution >= 4 is 29.9 Å². The van der Waals surface area contributed by atoms with Crippen LogP contribution in [0.1, 0.15) is 31.7 Å². The van der Waals surface area contributed by atoms with Gasteiger partial charge in [-0.3, -0.25) is 4.99 Å². The molecule has 1 aliphatic rings. The van der Waals surface area contributed by atoms with Gasteiger partial charge in [-0.2, -0.15) is 0 Å². The van der Waals surface area contributed by atoms with Crippen molar-refractivity contribution < 1.29 is 14.2 Å². The highest BCUT2D eigenvalue weighted by atomic mass is 127. The Morgan fingerprint density at radius 3 is 2.89 bits per heavy atom. The Labute approximate surface area is 180 Å². The molecule has 0 amide bonds. The lowest BCUT2D eigenvalue weighted by Crippen LogP contribution is -2.38. The van der Waals surface area contributed by atoms with Gasteiger partial charge in [-0.1, -0.05) is 18.2 Å². The lowest BCUT2D eigenvalue weighted by molar-refractivity contribution is 0.0170. The second-order valence-corrected chi connectivity index (χ2v) is 6.47. The number of nitrogens with zero attached hydrogens (tertiary/aromatic N) is 2. The Morgan fingerprint density at radius 2 is 2.19 bits per heavy atom. The summed E-state index contributed by atoms with van der Waals surface area (Å²) in [5, 5.41) is 3.35. The highest BCUT2D eigenvalue weighted by molar-refractivity contribution is 14.0. The molecule has 0 bridgehead atoms. The molecule has 1 saturated heterocycles. The van der Waals surface area contributed by atoms with E-state index >= 15 is 0 Å². The van der Waals surface area contributed by atoms with E-state index in [0.29, 0.717) is 12.7 Å². The first-order valence-corrected chi connectivity index (χ1v) is 9.55. The van der Waals surface area contributed by atoms with E-state index < -0.39 is 0 Å². The van der Waals surface area contributed by atoms with Crippen molar-refractivity contribution in [1.82, 2.24) is 10.2 Å². The molecule has 1 aromatic carbocycles. The molecular formula is C20H34IN3O3. The van der Waals surface area contributed by atoms with Crippen LogP contribution < -0.4 is 10.1 Å². The molecule has 7 heteroatoms. The quantitative estimate of drug-likeness (QED) is 0.236. The third kappa shape index (κ3) is 8.66. The monoisotopic (exact) mass is 491 g/mol. The fourth-order valence-corrected chi connectivity index (χ4v) is 2.98. The SMILES string of the molecule is CCNC(=NCCCOCC1CCCO1)N(C)Cc1ccccc1OC.I. The summed E-state index contributed by atoms with van der Waals surface area (Å²) in [6, 6.07) is 8.08. The largest absolute Gasteiger partial charge is 0.496 e. The van der Waals surface area contributed by atoms with E-state index in [-0.39, 0.29) is 24.0 Å². The van der Waals surface area contributed by atoms with E-state index in [1.54, 1.807) is 7.11 Å². The van der Waals surface area contributed by atoms with Crippen LogP contribution in [0.3, 0.4) is 0 Å². The first-order chi connectivity index (χ1) is 12.7. The van der Waals surface area contributed by atoms with Gasteiger partial charge in [0.15, 0.2) is 5.96 Å². The minimum absolute atomic E-state index is 0. The molecule has 1 unspecified atom stereocenters. The van der Waals surface area contributed by atoms with Crippen LogP contribution in [0.5, 0.6) is 5.75 Å². The summed E-state index contributed by atoms with van der Waals surface area (Å²) >= 11 is 0. The number of para-hydroxylation sites is 1. The summed E-state index contributed by atoms with van der Waals surface area (Å²) in [4.78, 5) is 6.83. The van der Waals surface area contributed by atoms with Gasteiger partial charge in [0.1, 0.15) is 5.75 Å². The molecule has 27 heavy (non-hydrogen) atoms. The summed E-state index contributed by atoms with van der Waals surface area (Å²) in [5.74, 6) is 1.80. The minimum atomic E-state index is 0. The summed E-state index contributed by atoms with van der Waals surface area (Å²) in [6.45, 7) is 6.71. The first kappa shape index (κ1) is 24.0. The van der Waals surface area contributed by atoms with Crippen LogP contribution in [-0.2, 0) is 16.0 Å². The summed E-state index contributed by atoms with van der Waals surface area (Å²) in [7, 11) is 3.75. The highest BCUT2D eigenvalue weighted by Crippen LogP contribution is 2.18. The van der Waals surface area contributed by atoms with Crippen LogP contribution in [0.2, 0.25) is 0 Å². The molecule has 154 valence electrons. The second-order valence-electron chi connectivity index (χ2n) is 6.47. The fourth-order valence-electron chi connectivity index (χ4n) is 2.98. The van der Waals surface area contributed by atoms with Gasteiger partial charge in [-0.15, -0.1) is 24.0 Å². The summed E-state index contributed by atoms with van der Waals surface area (Å²) < 4.78 is 16.7. The van der Waals surface area contributed by atoms with Crippen LogP contribution in [0.25, 0.3) is 0 Å². The first-order valence-electron chi connectivity index (χ1n) is 9.55. The predicted molar refractivity (Wildman–Crippen MR) is 120 cm³/mol. The standard InChI is InChI=1S/C20H33N3O3.HI/c1-4-21-20(22-12-8-13-25-16-18-10-7-14-26-18)23(2)15-17-9-5-6-11-19(17)24-3;/h5-6,9,11,18H,4,7-8,10,12-16H2,1-3H3,(H,21,22);1H. The van der Waals surface area contributed by atoms with E-state index in [1.807, 2.05) is 25.2 Å². The van der Waals surface area contributed by atoms with Crippen molar-refractivity contribution in [3.05, 3.63) is 29.8 Å². The molecule has 2 rings (SSSR count). The molecule has 0 saturated carbocycles. The fraction of sp³-hybridized carbons (Fsp3) is 0.650. The Bertz CT molecular complexity index is 551. The average Bonchev–Trinajstić information content (AvgIpc) is 3.17. The number of rotatable bonds is 10. The van der Waals surface area contributed by atoms with Crippen LogP contribution in [0, 0.1) is 0 Å². The molecule has 0 aliphatic carbocycles. The molecule has 6 nitrogen and oxygen atoms in total. The van der Waals surface area contributed by atoms with Crippen molar-refractivity contribution in [3.8, 4) is 5.75 Å². The third-order valence-electron chi connectivity index (χ3n) is 4.33. The topological polar surface area (TPSA) is 55.3 Å². The zero-order valence-corrected chi connectivity index (χ0v) is 19.1. The second kappa shape index (κ2) is 14.0. The Morgan fingerprint density at radius 1 is 1.37 bits per heavy atom. The summed E-state index contributed by atoms with van der Waals surface area (Å²) in [6.07, 6.45) is 3.48. The molecule has 0 spiro atoms. The molecule has 1 heterocycles. The van der Waals surface area contributed by atoms with Gasteiger partial charge in [0, 0.05) is 45.5 Å². The number of ether oxygens (including phenoxy) is 3. The Kier molecular flexibility index (Phi) is 12.4. The maximum Gasteiger partial charge on any atom is 0.193 e. The summed E-state index contributed by atoms with van der Waals surface area (Å²) in [5.41, 5.74) is 1.14. The number of methoxy groups -OCH3 is 1. The van der Waals surface area contributed by atoms with Crippen molar-refractivity contribution in [2.45, 2.75) is 38.8 Å². The van der Waals surface area contributed by atoms with Crippen molar-refractivity contribution in [3.63, 3.8) is 0 Å². The Balaban J connectivity index is 0.00000364. The van der Waals surface area contributed by atoms with Crippen molar-refractivity contribution in [2.24, 2.45) is 4.99 Å². The van der Waals surface area contributed by atoms with Crippen LogP contribution in [-0.4, -0.2) is 64.0 Å². The maximum absolute atomic E-state index is 5.70.